The van der Waals surface area contributed by atoms with Crippen LogP contribution in [0.15, 0.2) is 257 Å². The molecule has 0 atom stereocenters. The van der Waals surface area contributed by atoms with Crippen LogP contribution in [-0.4, -0.2) is 73.8 Å². The van der Waals surface area contributed by atoms with Crippen molar-refractivity contribution in [3.8, 4) is 68.7 Å². The first kappa shape index (κ1) is 74.3. The van der Waals surface area contributed by atoms with Crippen LogP contribution in [-0.2, 0) is 6.54 Å². The van der Waals surface area contributed by atoms with Crippen molar-refractivity contribution < 1.29 is 0 Å². The molecule has 516 valence electrons. The third kappa shape index (κ3) is 15.0. The Kier molecular flexibility index (Phi) is 22.9. The Morgan fingerprint density at radius 3 is 1.21 bits per heavy atom. The van der Waals surface area contributed by atoms with Gasteiger partial charge < -0.3 is 15.1 Å². The summed E-state index contributed by atoms with van der Waals surface area (Å²) in [5.41, 5.74) is 17.1. The molecule has 104 heavy (non-hydrogen) atoms. The van der Waals surface area contributed by atoms with Gasteiger partial charge in [-0.3, -0.25) is 43.0 Å². The van der Waals surface area contributed by atoms with Crippen LogP contribution in [0.2, 0.25) is 10.0 Å². The summed E-state index contributed by atoms with van der Waals surface area (Å²) in [6.45, 7) is 6.32. The molecule has 1 N–H and O–H groups in total. The number of anilines is 1. The van der Waals surface area contributed by atoms with Crippen molar-refractivity contribution in [2.75, 3.05) is 45.2 Å². The highest BCUT2D eigenvalue weighted by Gasteiger charge is 2.21. The molecule has 0 bridgehead atoms. The first-order chi connectivity index (χ1) is 48.7. The van der Waals surface area contributed by atoms with E-state index >= 15 is 0 Å². The van der Waals surface area contributed by atoms with Crippen LogP contribution in [0.3, 0.4) is 0 Å². The van der Waals surface area contributed by atoms with E-state index in [1.54, 1.807) is 93.0 Å². The molecule has 9 aromatic carbocycles. The van der Waals surface area contributed by atoms with Gasteiger partial charge in [0.15, 0.2) is 0 Å². The SMILES string of the molecule is C.C.C.C.CN(C)Cc1ccc(-c2ccc3ncc4ccc(=O)n(-c5cccc(C#N)c5)c4c3c2)cc1.Cc1cc(N2CCNCC2)c(C#N)cc1-n1c(=O)ccc2cnc3ccc(-c4ccc(Cl)cc4)cc3c21.N#Cc1cccc(-n2c(=O)ccc3cnc4ccc(-c5ccc(Cl)cc5)cc4c32)c1. The summed E-state index contributed by atoms with van der Waals surface area (Å²) < 4.78 is 5.04. The molecule has 0 unspecified atom stereocenters. The summed E-state index contributed by atoms with van der Waals surface area (Å²) in [5, 5.41) is 38.6. The monoisotopic (exact) mass is 1410 g/mol. The van der Waals surface area contributed by atoms with Gasteiger partial charge in [0.2, 0.25) is 0 Å². The van der Waals surface area contributed by atoms with E-state index in [1.807, 2.05) is 122 Å². The molecular formula is C87H76Cl2N12O3. The molecule has 0 spiro atoms. The van der Waals surface area contributed by atoms with Gasteiger partial charge in [-0.1, -0.05) is 132 Å². The molecule has 0 aliphatic carbocycles. The zero-order valence-electron chi connectivity index (χ0n) is 54.5. The molecule has 15 nitrogen and oxygen atoms in total. The van der Waals surface area contributed by atoms with E-state index in [0.29, 0.717) is 43.8 Å². The number of nitriles is 3. The maximum absolute atomic E-state index is 13.4. The topological polar surface area (TPSA) is 195 Å². The second kappa shape index (κ2) is 32.1. The zero-order valence-corrected chi connectivity index (χ0v) is 56.0. The minimum Gasteiger partial charge on any atom is -0.368 e. The summed E-state index contributed by atoms with van der Waals surface area (Å²) >= 11 is 12.1. The van der Waals surface area contributed by atoms with E-state index < -0.39 is 0 Å². The van der Waals surface area contributed by atoms with Gasteiger partial charge in [0.05, 0.1) is 84.7 Å². The summed E-state index contributed by atoms with van der Waals surface area (Å²) in [7, 11) is 4.11. The van der Waals surface area contributed by atoms with Gasteiger partial charge >= 0.3 is 0 Å². The molecule has 16 rings (SSSR count). The fourth-order valence-corrected chi connectivity index (χ4v) is 13.3. The molecular weight excluding hydrogens is 1330 g/mol. The van der Waals surface area contributed by atoms with Crippen molar-refractivity contribution in [3.63, 3.8) is 0 Å². The Bertz CT molecular complexity index is 6060. The third-order valence-corrected chi connectivity index (χ3v) is 18.4. The Morgan fingerprint density at radius 2 is 0.817 bits per heavy atom. The Labute approximate surface area is 614 Å². The fourth-order valence-electron chi connectivity index (χ4n) is 13.1. The van der Waals surface area contributed by atoms with Crippen LogP contribution in [0, 0.1) is 40.9 Å². The number of nitrogens with zero attached hydrogens (tertiary/aromatic N) is 11. The average molecular weight is 1410 g/mol. The van der Waals surface area contributed by atoms with E-state index in [9.17, 15) is 30.2 Å². The number of aromatic nitrogens is 6. The van der Waals surface area contributed by atoms with Gasteiger partial charge in [-0.05, 0) is 193 Å². The van der Waals surface area contributed by atoms with Crippen LogP contribution < -0.4 is 26.9 Å². The van der Waals surface area contributed by atoms with Crippen LogP contribution in [0.5, 0.6) is 0 Å². The molecule has 6 aromatic heterocycles. The lowest BCUT2D eigenvalue weighted by Gasteiger charge is -2.31. The lowest BCUT2D eigenvalue weighted by Crippen LogP contribution is -2.43. The number of halogens is 2. The van der Waals surface area contributed by atoms with Crippen molar-refractivity contribution in [3.05, 3.63) is 312 Å². The number of rotatable bonds is 9. The van der Waals surface area contributed by atoms with Crippen LogP contribution in [0.4, 0.5) is 5.69 Å². The highest BCUT2D eigenvalue weighted by molar-refractivity contribution is 6.31. The maximum atomic E-state index is 13.4. The first-order valence-corrected chi connectivity index (χ1v) is 33.1. The summed E-state index contributed by atoms with van der Waals surface area (Å²) in [4.78, 5) is 57.6. The maximum Gasteiger partial charge on any atom is 0.255 e. The number of hydrogen-bond acceptors (Lipinski definition) is 12. The number of nitrogens with one attached hydrogen (secondary N) is 1. The standard InChI is InChI=1S/C30H24ClN5O.C28H22N4O.C25H14ClN3O.4CH4/c1-19-14-28(35-12-10-33-11-13-35)23(17-32)16-27(19)36-29(37)9-5-22-18-34-26-8-4-21(15-25(26)30(22)36)20-2-6-24(31)7-3-20;1-31(2)18-19-6-8-21(9-7-19)22-10-12-26-25(15-22)28-23(17-30-26)11-13-27(33)32(28)24-5-3-4-20(14-24)16-29;26-20-8-4-17(5-9-20)18-6-10-23-22(13-18)25-19(15-28-23)7-11-24(30)29(25)21-3-1-2-16(12-21)14-27;;;;/h2-9,14-16,18,33H,10-13H2,1H3;3-15,17H,18H2,1-2H3;1-13,15H;4*1H4. The molecule has 0 saturated carbocycles. The third-order valence-electron chi connectivity index (χ3n) is 17.9. The Hall–Kier alpha value is -12.4. The molecule has 1 aliphatic rings. The van der Waals surface area contributed by atoms with Gasteiger partial charge in [-0.25, -0.2) is 0 Å². The Balaban J connectivity index is 0.000000165. The van der Waals surface area contributed by atoms with E-state index in [-0.39, 0.29) is 46.4 Å². The number of aryl methyl sites for hydroxylation is 1. The summed E-state index contributed by atoms with van der Waals surface area (Å²) in [6.07, 6.45) is 5.35. The molecule has 0 radical (unpaired) electrons. The fraction of sp³-hybridized carbons (Fsp3) is 0.138. The van der Waals surface area contributed by atoms with Crippen molar-refractivity contribution in [1.29, 1.82) is 15.8 Å². The smallest absolute Gasteiger partial charge is 0.255 e. The van der Waals surface area contributed by atoms with Gasteiger partial charge in [-0.15, -0.1) is 0 Å². The average Bonchev–Trinajstić information content (AvgIpc) is 0.746. The second-order valence-corrected chi connectivity index (χ2v) is 25.6. The summed E-state index contributed by atoms with van der Waals surface area (Å²) in [5.74, 6) is 0. The largest absolute Gasteiger partial charge is 0.368 e. The second-order valence-electron chi connectivity index (χ2n) is 24.7. The zero-order chi connectivity index (χ0) is 69.1. The van der Waals surface area contributed by atoms with Gasteiger partial charge in [0.25, 0.3) is 16.7 Å². The van der Waals surface area contributed by atoms with Crippen LogP contribution in [0.1, 0.15) is 57.5 Å². The predicted octanol–water partition coefficient (Wildman–Crippen LogP) is 18.9. The minimum atomic E-state index is -0.165. The number of piperazine rings is 1. The number of hydrogen-bond donors (Lipinski definition) is 1. The number of pyridine rings is 6. The first-order valence-electron chi connectivity index (χ1n) is 32.3. The lowest BCUT2D eigenvalue weighted by atomic mass is 10.0. The van der Waals surface area contributed by atoms with Gasteiger partial charge in [-0.2, -0.15) is 15.8 Å². The normalized spacial score (nSPS) is 11.6. The van der Waals surface area contributed by atoms with Crippen LogP contribution >= 0.6 is 23.2 Å². The molecule has 0 amide bonds. The van der Waals surface area contributed by atoms with Crippen molar-refractivity contribution >= 4 is 94.3 Å². The molecule has 1 aliphatic heterocycles. The molecule has 1 fully saturated rings. The van der Waals surface area contributed by atoms with E-state index in [1.165, 1.54) is 11.6 Å². The number of fused-ring (bicyclic) bond motifs is 9. The van der Waals surface area contributed by atoms with Crippen molar-refractivity contribution in [2.45, 2.75) is 43.2 Å². The molecule has 15 aromatic rings. The van der Waals surface area contributed by atoms with E-state index in [0.717, 1.165) is 143 Å². The minimum absolute atomic E-state index is 0. The van der Waals surface area contributed by atoms with Crippen molar-refractivity contribution in [2.24, 2.45) is 0 Å². The van der Waals surface area contributed by atoms with Crippen LogP contribution in [0.25, 0.3) is 116 Å². The highest BCUT2D eigenvalue weighted by atomic mass is 35.5. The molecule has 17 heteroatoms. The predicted molar refractivity (Wildman–Crippen MR) is 429 cm³/mol. The molecule has 7 heterocycles. The summed E-state index contributed by atoms with van der Waals surface area (Å²) in [6, 6.07) is 76.8. The number of benzene rings is 9. The Morgan fingerprint density at radius 1 is 0.433 bits per heavy atom. The quantitative estimate of drug-likeness (QED) is 0.135. The van der Waals surface area contributed by atoms with Crippen molar-refractivity contribution in [1.82, 2.24) is 38.9 Å². The van der Waals surface area contributed by atoms with Gasteiger partial charge in [0, 0.05) is 112 Å². The highest BCUT2D eigenvalue weighted by Crippen LogP contribution is 2.36. The lowest BCUT2D eigenvalue weighted by molar-refractivity contribution is 0.402. The van der Waals surface area contributed by atoms with Gasteiger partial charge in [0.1, 0.15) is 6.07 Å². The molecule has 1 saturated heterocycles. The van der Waals surface area contributed by atoms with E-state index in [4.69, 9.17) is 23.2 Å². The van der Waals surface area contributed by atoms with E-state index in [2.05, 4.69) is 105 Å².